The number of nitrogens with zero attached hydrogens (tertiary/aromatic N) is 3. The molecule has 5 rings (SSSR count). The molecule has 0 fully saturated rings. The molecular weight excluding hydrogens is 388 g/mol. The molecule has 0 radical (unpaired) electrons. The van der Waals surface area contributed by atoms with Gasteiger partial charge in [0.25, 0.3) is 12.3 Å². The highest BCUT2D eigenvalue weighted by atomic mass is 19.3. The molecule has 0 saturated carbocycles. The third kappa shape index (κ3) is 3.45. The smallest absolute Gasteiger partial charge is 0.295 e. The normalized spacial score (nSPS) is 13.6. The minimum absolute atomic E-state index is 0.324. The Morgan fingerprint density at radius 1 is 1.10 bits per heavy atom. The molecule has 8 heteroatoms. The van der Waals surface area contributed by atoms with Gasteiger partial charge in [0, 0.05) is 36.0 Å². The van der Waals surface area contributed by atoms with E-state index in [9.17, 15) is 13.6 Å². The van der Waals surface area contributed by atoms with Crippen LogP contribution in [-0.4, -0.2) is 25.4 Å². The number of hydrogen-bond donors (Lipinski definition) is 2. The lowest BCUT2D eigenvalue weighted by molar-refractivity contribution is 0.102. The van der Waals surface area contributed by atoms with Crippen molar-refractivity contribution in [2.24, 2.45) is 0 Å². The fourth-order valence-electron chi connectivity index (χ4n) is 3.75. The molecule has 0 aliphatic carbocycles. The molecule has 6 nitrogen and oxygen atoms in total. The van der Waals surface area contributed by atoms with E-state index in [1.165, 1.54) is 18.9 Å². The highest BCUT2D eigenvalue weighted by molar-refractivity contribution is 6.06. The molecule has 1 aliphatic heterocycles. The van der Waals surface area contributed by atoms with Crippen LogP contribution in [0.15, 0.2) is 48.7 Å². The summed E-state index contributed by atoms with van der Waals surface area (Å²) in [6.45, 7) is 1.01. The Morgan fingerprint density at radius 2 is 1.93 bits per heavy atom. The standard InChI is InChI=1S/C22H19F2N5O/c23-20(24)21-27-16-9-6-14(11-17(16)28-21)22(30)25-15-7-4-13(5-8-15)18-12-29-10-2-1-3-19(29)26-18/h4-9,11-12,20H,1-3,10H2,(H,25,30)(H,27,28). The molecule has 0 saturated heterocycles. The van der Waals surface area contributed by atoms with Crippen LogP contribution in [0, 0.1) is 0 Å². The summed E-state index contributed by atoms with van der Waals surface area (Å²) in [4.78, 5) is 23.7. The maximum Gasteiger partial charge on any atom is 0.295 e. The third-order valence-electron chi connectivity index (χ3n) is 5.32. The summed E-state index contributed by atoms with van der Waals surface area (Å²) in [5.74, 6) is 0.396. The number of hydrogen-bond acceptors (Lipinski definition) is 3. The molecule has 2 aromatic heterocycles. The SMILES string of the molecule is O=C(Nc1ccc(-c2cn3c(n2)CCCC3)cc1)c1ccc2nc(C(F)F)[nH]c2c1. The summed E-state index contributed by atoms with van der Waals surface area (Å²) < 4.78 is 27.8. The van der Waals surface area contributed by atoms with Crippen LogP contribution < -0.4 is 5.32 Å². The average molecular weight is 407 g/mol. The van der Waals surface area contributed by atoms with E-state index >= 15 is 0 Å². The first-order valence-electron chi connectivity index (χ1n) is 9.82. The number of H-pyrrole nitrogens is 1. The van der Waals surface area contributed by atoms with Gasteiger partial charge in [-0.05, 0) is 43.2 Å². The lowest BCUT2D eigenvalue weighted by Gasteiger charge is -2.11. The molecule has 4 aromatic rings. The number of imidazole rings is 2. The number of halogens is 2. The van der Waals surface area contributed by atoms with E-state index in [2.05, 4.69) is 26.0 Å². The zero-order valence-electron chi connectivity index (χ0n) is 16.0. The molecule has 0 bridgehead atoms. The fraction of sp³-hybridized carbons (Fsp3) is 0.227. The number of aromatic nitrogens is 4. The molecule has 0 unspecified atom stereocenters. The number of benzene rings is 2. The van der Waals surface area contributed by atoms with E-state index in [1.54, 1.807) is 12.1 Å². The number of amides is 1. The molecule has 2 N–H and O–H groups in total. The van der Waals surface area contributed by atoms with Crippen molar-refractivity contribution in [1.29, 1.82) is 0 Å². The van der Waals surface area contributed by atoms with Gasteiger partial charge >= 0.3 is 0 Å². The number of aromatic amines is 1. The van der Waals surface area contributed by atoms with Crippen LogP contribution >= 0.6 is 0 Å². The average Bonchev–Trinajstić information content (AvgIpc) is 3.38. The second-order valence-electron chi connectivity index (χ2n) is 7.38. The summed E-state index contributed by atoms with van der Waals surface area (Å²) in [7, 11) is 0. The van der Waals surface area contributed by atoms with Gasteiger partial charge in [0.15, 0.2) is 5.82 Å². The number of carbonyl (C=O) groups excluding carboxylic acids is 1. The summed E-state index contributed by atoms with van der Waals surface area (Å²) in [6, 6.07) is 12.2. The van der Waals surface area contributed by atoms with E-state index in [-0.39, 0.29) is 5.91 Å². The first-order chi connectivity index (χ1) is 14.6. The number of aryl methyl sites for hydroxylation is 2. The zero-order valence-corrected chi connectivity index (χ0v) is 16.0. The van der Waals surface area contributed by atoms with Gasteiger partial charge in [0.2, 0.25) is 0 Å². The number of rotatable bonds is 4. The Morgan fingerprint density at radius 3 is 2.70 bits per heavy atom. The van der Waals surface area contributed by atoms with Gasteiger partial charge in [-0.25, -0.2) is 18.7 Å². The van der Waals surface area contributed by atoms with Crippen molar-refractivity contribution >= 4 is 22.6 Å². The maximum atomic E-state index is 12.8. The molecule has 2 aromatic carbocycles. The van der Waals surface area contributed by atoms with Gasteiger partial charge in [-0.2, -0.15) is 0 Å². The topological polar surface area (TPSA) is 75.6 Å². The Bertz CT molecular complexity index is 1200. The van der Waals surface area contributed by atoms with Gasteiger partial charge < -0.3 is 14.9 Å². The molecule has 0 atom stereocenters. The van der Waals surface area contributed by atoms with Crippen molar-refractivity contribution in [1.82, 2.24) is 19.5 Å². The predicted octanol–water partition coefficient (Wildman–Crippen LogP) is 4.95. The van der Waals surface area contributed by atoms with Crippen LogP contribution in [0.25, 0.3) is 22.3 Å². The number of carbonyl (C=O) groups is 1. The fourth-order valence-corrected chi connectivity index (χ4v) is 3.75. The first kappa shape index (κ1) is 18.5. The molecule has 0 spiro atoms. The predicted molar refractivity (Wildman–Crippen MR) is 110 cm³/mol. The monoisotopic (exact) mass is 407 g/mol. The van der Waals surface area contributed by atoms with Crippen LogP contribution in [0.3, 0.4) is 0 Å². The van der Waals surface area contributed by atoms with Gasteiger partial charge in [-0.1, -0.05) is 12.1 Å². The number of anilines is 1. The second-order valence-corrected chi connectivity index (χ2v) is 7.38. The van der Waals surface area contributed by atoms with E-state index in [4.69, 9.17) is 4.98 Å². The van der Waals surface area contributed by atoms with Crippen molar-refractivity contribution in [3.05, 3.63) is 65.9 Å². The summed E-state index contributed by atoms with van der Waals surface area (Å²) in [6.07, 6.45) is 2.76. The summed E-state index contributed by atoms with van der Waals surface area (Å²) in [5.41, 5.74) is 3.73. The van der Waals surface area contributed by atoms with Gasteiger partial charge in [-0.3, -0.25) is 4.79 Å². The lowest BCUT2D eigenvalue weighted by Crippen LogP contribution is -2.11. The number of nitrogens with one attached hydrogen (secondary N) is 2. The Balaban J connectivity index is 1.32. The van der Waals surface area contributed by atoms with Crippen LogP contribution in [0.5, 0.6) is 0 Å². The molecule has 30 heavy (non-hydrogen) atoms. The number of alkyl halides is 2. The van der Waals surface area contributed by atoms with E-state index in [1.807, 2.05) is 24.3 Å². The van der Waals surface area contributed by atoms with Crippen LogP contribution in [0.1, 0.15) is 41.3 Å². The van der Waals surface area contributed by atoms with Crippen molar-refractivity contribution in [3.63, 3.8) is 0 Å². The highest BCUT2D eigenvalue weighted by Gasteiger charge is 2.15. The van der Waals surface area contributed by atoms with Gasteiger partial charge in [0.1, 0.15) is 5.82 Å². The molecule has 1 amide bonds. The van der Waals surface area contributed by atoms with Gasteiger partial charge in [0.05, 0.1) is 16.7 Å². The van der Waals surface area contributed by atoms with Crippen molar-refractivity contribution in [3.8, 4) is 11.3 Å². The van der Waals surface area contributed by atoms with E-state index in [0.29, 0.717) is 22.3 Å². The Hall–Kier alpha value is -3.55. The second kappa shape index (κ2) is 7.37. The molecule has 3 heterocycles. The van der Waals surface area contributed by atoms with Gasteiger partial charge in [-0.15, -0.1) is 0 Å². The minimum atomic E-state index is -2.69. The largest absolute Gasteiger partial charge is 0.337 e. The summed E-state index contributed by atoms with van der Waals surface area (Å²) >= 11 is 0. The van der Waals surface area contributed by atoms with Crippen molar-refractivity contribution in [2.45, 2.75) is 32.2 Å². The van der Waals surface area contributed by atoms with Crippen LogP contribution in [0.4, 0.5) is 14.5 Å². The lowest BCUT2D eigenvalue weighted by atomic mass is 10.1. The number of fused-ring (bicyclic) bond motifs is 2. The minimum Gasteiger partial charge on any atom is -0.337 e. The van der Waals surface area contributed by atoms with Crippen molar-refractivity contribution < 1.29 is 13.6 Å². The van der Waals surface area contributed by atoms with Crippen LogP contribution in [-0.2, 0) is 13.0 Å². The zero-order chi connectivity index (χ0) is 20.7. The molecule has 152 valence electrons. The Labute approximate surface area is 171 Å². The highest BCUT2D eigenvalue weighted by Crippen LogP contribution is 2.25. The maximum absolute atomic E-state index is 12.8. The molecule has 1 aliphatic rings. The summed E-state index contributed by atoms with van der Waals surface area (Å²) in [5, 5.41) is 2.83. The van der Waals surface area contributed by atoms with Crippen molar-refractivity contribution in [2.75, 3.05) is 5.32 Å². The van der Waals surface area contributed by atoms with E-state index in [0.717, 1.165) is 30.0 Å². The molecular formula is C22H19F2N5O. The van der Waals surface area contributed by atoms with E-state index < -0.39 is 12.2 Å². The van der Waals surface area contributed by atoms with Crippen LogP contribution in [0.2, 0.25) is 0 Å². The first-order valence-corrected chi connectivity index (χ1v) is 9.82. The quantitative estimate of drug-likeness (QED) is 0.502. The third-order valence-corrected chi connectivity index (χ3v) is 5.32. The Kier molecular flexibility index (Phi) is 4.54.